The van der Waals surface area contributed by atoms with E-state index < -0.39 is 21.4 Å². The van der Waals surface area contributed by atoms with E-state index in [2.05, 4.69) is 52.5 Å². The summed E-state index contributed by atoms with van der Waals surface area (Å²) in [6, 6.07) is 12.6. The highest BCUT2D eigenvalue weighted by Gasteiger charge is 2.39. The Morgan fingerprint density at radius 1 is 1.06 bits per heavy atom. The van der Waals surface area contributed by atoms with E-state index in [1.54, 1.807) is 24.3 Å². The molecular formula is C24H33N5O4S. The van der Waals surface area contributed by atoms with Gasteiger partial charge in [0, 0.05) is 44.0 Å². The van der Waals surface area contributed by atoms with Gasteiger partial charge in [-0.2, -0.15) is 0 Å². The highest BCUT2D eigenvalue weighted by atomic mass is 32.2. The maximum absolute atomic E-state index is 13.1. The fourth-order valence-corrected chi connectivity index (χ4v) is 5.74. The van der Waals surface area contributed by atoms with Gasteiger partial charge in [-0.05, 0) is 56.7 Å². The standard InChI is InChI=1S/C24H33N5O4S/c1-4-33-20-8-6-19(7-9-20)27-34(31,32)23-16-21(25-26-23)24(30)29-13-11-28(12-14-29)22-10-5-17(2)15-18(22)3/h5-10,15,21,23,25-27H,4,11-14,16H2,1-3H3. The first-order chi connectivity index (χ1) is 16.3. The third-order valence-corrected chi connectivity index (χ3v) is 7.83. The van der Waals surface area contributed by atoms with Gasteiger partial charge in [0.05, 0.1) is 6.61 Å². The number of carbonyl (C=O) groups is 1. The lowest BCUT2D eigenvalue weighted by Gasteiger charge is -2.37. The average molecular weight is 488 g/mol. The van der Waals surface area contributed by atoms with E-state index in [1.807, 2.05) is 11.8 Å². The molecule has 0 spiro atoms. The molecule has 0 aromatic heterocycles. The summed E-state index contributed by atoms with van der Waals surface area (Å²) in [6.45, 7) is 9.32. The molecule has 1 amide bonds. The Morgan fingerprint density at radius 2 is 1.76 bits per heavy atom. The number of nitrogens with one attached hydrogen (secondary N) is 3. The largest absolute Gasteiger partial charge is 0.494 e. The van der Waals surface area contributed by atoms with Crippen LogP contribution in [0.2, 0.25) is 0 Å². The molecule has 2 unspecified atom stereocenters. The molecule has 2 fully saturated rings. The van der Waals surface area contributed by atoms with Crippen LogP contribution in [0.25, 0.3) is 0 Å². The molecule has 0 aliphatic carbocycles. The molecule has 2 aromatic carbocycles. The van der Waals surface area contributed by atoms with Crippen LogP contribution in [-0.4, -0.2) is 63.4 Å². The van der Waals surface area contributed by atoms with Crippen molar-refractivity contribution in [3.05, 3.63) is 53.6 Å². The number of rotatable bonds is 7. The van der Waals surface area contributed by atoms with Gasteiger partial charge in [-0.1, -0.05) is 17.7 Å². The van der Waals surface area contributed by atoms with Gasteiger partial charge in [0.2, 0.25) is 15.9 Å². The lowest BCUT2D eigenvalue weighted by Crippen LogP contribution is -2.53. The van der Waals surface area contributed by atoms with Crippen molar-refractivity contribution in [2.75, 3.05) is 42.4 Å². The maximum atomic E-state index is 13.1. The molecule has 0 radical (unpaired) electrons. The zero-order chi connectivity index (χ0) is 24.3. The Bertz CT molecular complexity index is 1110. The van der Waals surface area contributed by atoms with E-state index in [0.29, 0.717) is 31.1 Å². The smallest absolute Gasteiger partial charge is 0.250 e. The van der Waals surface area contributed by atoms with Crippen LogP contribution in [-0.2, 0) is 14.8 Å². The Hall–Kier alpha value is -2.82. The van der Waals surface area contributed by atoms with Crippen molar-refractivity contribution in [1.82, 2.24) is 15.8 Å². The van der Waals surface area contributed by atoms with Crippen LogP contribution in [0.1, 0.15) is 24.5 Å². The first kappa shape index (κ1) is 24.3. The number of hydrogen-bond acceptors (Lipinski definition) is 7. The number of piperazine rings is 1. The number of ether oxygens (including phenoxy) is 1. The average Bonchev–Trinajstić information content (AvgIpc) is 3.32. The molecule has 34 heavy (non-hydrogen) atoms. The number of amides is 1. The van der Waals surface area contributed by atoms with Gasteiger partial charge in [0.25, 0.3) is 0 Å². The van der Waals surface area contributed by atoms with Gasteiger partial charge in [-0.3, -0.25) is 9.52 Å². The topological polar surface area (TPSA) is 103 Å². The predicted molar refractivity (Wildman–Crippen MR) is 133 cm³/mol. The van der Waals surface area contributed by atoms with Crippen molar-refractivity contribution in [2.24, 2.45) is 0 Å². The van der Waals surface area contributed by atoms with Crippen LogP contribution < -0.4 is 25.2 Å². The molecule has 3 N–H and O–H groups in total. The first-order valence-corrected chi connectivity index (χ1v) is 13.2. The zero-order valence-electron chi connectivity index (χ0n) is 19.9. The molecule has 2 saturated heterocycles. The monoisotopic (exact) mass is 487 g/mol. The van der Waals surface area contributed by atoms with Crippen molar-refractivity contribution in [2.45, 2.75) is 38.6 Å². The van der Waals surface area contributed by atoms with Gasteiger partial charge >= 0.3 is 0 Å². The highest BCUT2D eigenvalue weighted by Crippen LogP contribution is 2.24. The van der Waals surface area contributed by atoms with E-state index in [9.17, 15) is 13.2 Å². The molecular weight excluding hydrogens is 454 g/mol. The van der Waals surface area contributed by atoms with E-state index >= 15 is 0 Å². The lowest BCUT2D eigenvalue weighted by atomic mass is 10.1. The summed E-state index contributed by atoms with van der Waals surface area (Å²) in [5.41, 5.74) is 9.78. The Morgan fingerprint density at radius 3 is 2.41 bits per heavy atom. The number of hydrogen-bond donors (Lipinski definition) is 3. The summed E-state index contributed by atoms with van der Waals surface area (Å²) in [5.74, 6) is 0.598. The number of anilines is 2. The summed E-state index contributed by atoms with van der Waals surface area (Å²) in [4.78, 5) is 17.2. The molecule has 4 rings (SSSR count). The van der Waals surface area contributed by atoms with Crippen LogP contribution >= 0.6 is 0 Å². The molecule has 2 atom stereocenters. The van der Waals surface area contributed by atoms with Gasteiger partial charge in [-0.25, -0.2) is 19.3 Å². The number of aryl methyl sites for hydroxylation is 2. The zero-order valence-corrected chi connectivity index (χ0v) is 20.7. The summed E-state index contributed by atoms with van der Waals surface area (Å²) in [6.07, 6.45) is 0.155. The van der Waals surface area contributed by atoms with Gasteiger partial charge in [0.1, 0.15) is 17.2 Å². The fraction of sp³-hybridized carbons (Fsp3) is 0.458. The molecule has 0 saturated carbocycles. The summed E-state index contributed by atoms with van der Waals surface area (Å²) in [5, 5.41) is -0.912. The number of hydrazine groups is 1. The maximum Gasteiger partial charge on any atom is 0.250 e. The Labute approximate surface area is 201 Å². The molecule has 2 aliphatic rings. The summed E-state index contributed by atoms with van der Waals surface area (Å²) >= 11 is 0. The van der Waals surface area contributed by atoms with Crippen LogP contribution in [0.5, 0.6) is 5.75 Å². The SMILES string of the molecule is CCOc1ccc(NS(=O)(=O)C2CC(C(=O)N3CCN(c4ccc(C)cc4C)CC3)NN2)cc1. The van der Waals surface area contributed by atoms with E-state index in [-0.39, 0.29) is 12.3 Å². The lowest BCUT2D eigenvalue weighted by molar-refractivity contribution is -0.133. The third kappa shape index (κ3) is 5.45. The minimum Gasteiger partial charge on any atom is -0.494 e. The molecule has 2 aromatic rings. The number of benzene rings is 2. The second kappa shape index (κ2) is 10.2. The van der Waals surface area contributed by atoms with Crippen molar-refractivity contribution in [3.8, 4) is 5.75 Å². The predicted octanol–water partition coefficient (Wildman–Crippen LogP) is 1.99. The second-order valence-corrected chi connectivity index (χ2v) is 10.6. The quantitative estimate of drug-likeness (QED) is 0.549. The fourth-order valence-electron chi connectivity index (χ4n) is 4.46. The highest BCUT2D eigenvalue weighted by molar-refractivity contribution is 7.93. The number of carbonyl (C=O) groups excluding carboxylic acids is 1. The van der Waals surface area contributed by atoms with E-state index in [0.717, 1.165) is 13.1 Å². The molecule has 2 heterocycles. The Kier molecular flexibility index (Phi) is 7.30. The second-order valence-electron chi connectivity index (χ2n) is 8.77. The Balaban J connectivity index is 1.31. The molecule has 9 nitrogen and oxygen atoms in total. The van der Waals surface area contributed by atoms with Gasteiger partial charge in [-0.15, -0.1) is 0 Å². The van der Waals surface area contributed by atoms with Crippen LogP contribution in [0, 0.1) is 13.8 Å². The molecule has 184 valence electrons. The summed E-state index contributed by atoms with van der Waals surface area (Å²) < 4.78 is 33.6. The third-order valence-electron chi connectivity index (χ3n) is 6.25. The van der Waals surface area contributed by atoms with E-state index in [1.165, 1.54) is 16.8 Å². The minimum atomic E-state index is -3.73. The van der Waals surface area contributed by atoms with Crippen LogP contribution in [0.4, 0.5) is 11.4 Å². The normalized spacial score (nSPS) is 20.9. The number of nitrogens with zero attached hydrogens (tertiary/aromatic N) is 2. The van der Waals surface area contributed by atoms with Crippen molar-refractivity contribution < 1.29 is 17.9 Å². The van der Waals surface area contributed by atoms with Gasteiger partial charge < -0.3 is 14.5 Å². The van der Waals surface area contributed by atoms with E-state index in [4.69, 9.17) is 4.74 Å². The van der Waals surface area contributed by atoms with Crippen molar-refractivity contribution in [1.29, 1.82) is 0 Å². The van der Waals surface area contributed by atoms with Crippen LogP contribution in [0.3, 0.4) is 0 Å². The number of sulfonamides is 1. The van der Waals surface area contributed by atoms with Crippen molar-refractivity contribution >= 4 is 27.3 Å². The van der Waals surface area contributed by atoms with Crippen LogP contribution in [0.15, 0.2) is 42.5 Å². The van der Waals surface area contributed by atoms with Crippen molar-refractivity contribution in [3.63, 3.8) is 0 Å². The molecule has 0 bridgehead atoms. The summed E-state index contributed by atoms with van der Waals surface area (Å²) in [7, 11) is -3.73. The minimum absolute atomic E-state index is 0.0773. The molecule has 10 heteroatoms. The first-order valence-electron chi connectivity index (χ1n) is 11.6. The molecule has 2 aliphatic heterocycles. The van der Waals surface area contributed by atoms with Gasteiger partial charge in [0.15, 0.2) is 0 Å².